The Bertz CT molecular complexity index is 469. The number of carbonyl (C=O) groups is 1. The molecule has 1 aliphatic carbocycles. The molecular weight excluding hydrogens is 299 g/mol. The lowest BCUT2D eigenvalue weighted by Gasteiger charge is -2.20. The largest absolute Gasteiger partial charge is 0.481 e. The SMILES string of the molecule is Cc1cc(Br)c(F)c(C(CC(=O)O)C2CC2)c1C. The monoisotopic (exact) mass is 314 g/mol. The van der Waals surface area contributed by atoms with E-state index in [0.29, 0.717) is 16.0 Å². The van der Waals surface area contributed by atoms with Crippen molar-refractivity contribution in [2.75, 3.05) is 0 Å². The zero-order valence-corrected chi connectivity index (χ0v) is 12.1. The standard InChI is InChI=1S/C14H16BrFO2/c1-7-5-11(15)14(16)13(8(7)2)10(6-12(17)18)9-3-4-9/h5,9-10H,3-4,6H2,1-2H3,(H,17,18). The second kappa shape index (κ2) is 5.00. The highest BCUT2D eigenvalue weighted by atomic mass is 79.9. The number of hydrogen-bond donors (Lipinski definition) is 1. The Morgan fingerprint density at radius 1 is 1.56 bits per heavy atom. The van der Waals surface area contributed by atoms with E-state index in [1.807, 2.05) is 13.8 Å². The molecule has 2 rings (SSSR count). The van der Waals surface area contributed by atoms with E-state index in [1.165, 1.54) is 0 Å². The predicted molar refractivity (Wildman–Crippen MR) is 71.3 cm³/mol. The van der Waals surface area contributed by atoms with Crippen LogP contribution in [-0.2, 0) is 4.79 Å². The Hall–Kier alpha value is -0.900. The van der Waals surface area contributed by atoms with E-state index < -0.39 is 5.97 Å². The van der Waals surface area contributed by atoms with Crippen LogP contribution in [-0.4, -0.2) is 11.1 Å². The molecule has 2 nitrogen and oxygen atoms in total. The summed E-state index contributed by atoms with van der Waals surface area (Å²) < 4.78 is 14.7. The summed E-state index contributed by atoms with van der Waals surface area (Å²) in [6.07, 6.45) is 2.02. The van der Waals surface area contributed by atoms with E-state index in [0.717, 1.165) is 24.0 Å². The summed E-state index contributed by atoms with van der Waals surface area (Å²) in [5, 5.41) is 9.01. The Labute approximate surface area is 114 Å². The van der Waals surface area contributed by atoms with E-state index in [4.69, 9.17) is 5.11 Å². The molecule has 0 heterocycles. The summed E-state index contributed by atoms with van der Waals surface area (Å²) in [5.74, 6) is -1.03. The van der Waals surface area contributed by atoms with Crippen LogP contribution in [0.1, 0.15) is 41.9 Å². The van der Waals surface area contributed by atoms with Gasteiger partial charge in [-0.05, 0) is 71.3 Å². The number of rotatable bonds is 4. The van der Waals surface area contributed by atoms with E-state index in [-0.39, 0.29) is 18.2 Å². The number of aliphatic carboxylic acids is 1. The van der Waals surface area contributed by atoms with Crippen LogP contribution in [0.15, 0.2) is 10.5 Å². The minimum atomic E-state index is -0.858. The summed E-state index contributed by atoms with van der Waals surface area (Å²) in [5.41, 5.74) is 2.47. The van der Waals surface area contributed by atoms with Gasteiger partial charge in [-0.15, -0.1) is 0 Å². The van der Waals surface area contributed by atoms with Crippen molar-refractivity contribution in [2.24, 2.45) is 5.92 Å². The summed E-state index contributed by atoms with van der Waals surface area (Å²) in [7, 11) is 0. The van der Waals surface area contributed by atoms with Gasteiger partial charge in [-0.25, -0.2) is 4.39 Å². The first kappa shape index (κ1) is 13.5. The molecule has 1 fully saturated rings. The Balaban J connectivity index is 2.49. The number of hydrogen-bond acceptors (Lipinski definition) is 1. The third-order valence-electron chi connectivity index (χ3n) is 3.74. The van der Waals surface area contributed by atoms with Gasteiger partial charge in [-0.3, -0.25) is 4.79 Å². The van der Waals surface area contributed by atoms with Crippen LogP contribution in [0.25, 0.3) is 0 Å². The van der Waals surface area contributed by atoms with E-state index in [1.54, 1.807) is 6.07 Å². The number of aryl methyl sites for hydroxylation is 1. The Morgan fingerprint density at radius 3 is 2.67 bits per heavy atom. The normalized spacial score (nSPS) is 16.7. The lowest BCUT2D eigenvalue weighted by Crippen LogP contribution is -2.13. The molecule has 1 aromatic carbocycles. The average molecular weight is 315 g/mol. The molecule has 0 aromatic heterocycles. The zero-order chi connectivity index (χ0) is 13.4. The third kappa shape index (κ3) is 2.58. The summed E-state index contributed by atoms with van der Waals surface area (Å²) in [6.45, 7) is 3.80. The van der Waals surface area contributed by atoms with Crippen molar-refractivity contribution >= 4 is 21.9 Å². The molecule has 18 heavy (non-hydrogen) atoms. The fraction of sp³-hybridized carbons (Fsp3) is 0.500. The molecule has 1 atom stereocenters. The van der Waals surface area contributed by atoms with Crippen LogP contribution in [0.4, 0.5) is 4.39 Å². The van der Waals surface area contributed by atoms with Crippen molar-refractivity contribution in [3.05, 3.63) is 33.0 Å². The predicted octanol–water partition coefficient (Wildman–Crippen LogP) is 4.17. The topological polar surface area (TPSA) is 37.3 Å². The van der Waals surface area contributed by atoms with Crippen molar-refractivity contribution < 1.29 is 14.3 Å². The first-order valence-electron chi connectivity index (χ1n) is 6.08. The second-order valence-electron chi connectivity index (χ2n) is 5.07. The molecule has 0 spiro atoms. The van der Waals surface area contributed by atoms with E-state index in [9.17, 15) is 9.18 Å². The number of halogens is 2. The van der Waals surface area contributed by atoms with Gasteiger partial charge in [0.05, 0.1) is 10.9 Å². The van der Waals surface area contributed by atoms with Crippen LogP contribution in [0.5, 0.6) is 0 Å². The van der Waals surface area contributed by atoms with Crippen LogP contribution in [0, 0.1) is 25.6 Å². The molecule has 98 valence electrons. The molecule has 1 aromatic rings. The van der Waals surface area contributed by atoms with Crippen molar-refractivity contribution in [1.29, 1.82) is 0 Å². The van der Waals surface area contributed by atoms with Crippen LogP contribution < -0.4 is 0 Å². The first-order valence-corrected chi connectivity index (χ1v) is 6.88. The van der Waals surface area contributed by atoms with Gasteiger partial charge >= 0.3 is 5.97 Å². The molecule has 1 unspecified atom stereocenters. The zero-order valence-electron chi connectivity index (χ0n) is 10.5. The third-order valence-corrected chi connectivity index (χ3v) is 4.32. The first-order chi connectivity index (χ1) is 8.41. The lowest BCUT2D eigenvalue weighted by atomic mass is 9.86. The second-order valence-corrected chi connectivity index (χ2v) is 5.92. The van der Waals surface area contributed by atoms with Gasteiger partial charge in [0.15, 0.2) is 0 Å². The molecule has 1 saturated carbocycles. The smallest absolute Gasteiger partial charge is 0.303 e. The molecule has 0 amide bonds. The fourth-order valence-electron chi connectivity index (χ4n) is 2.50. The molecular formula is C14H16BrFO2. The average Bonchev–Trinajstić information content (AvgIpc) is 3.08. The maximum atomic E-state index is 14.3. The van der Waals surface area contributed by atoms with Gasteiger partial charge in [0.1, 0.15) is 5.82 Å². The summed E-state index contributed by atoms with van der Waals surface area (Å²) in [6, 6.07) is 1.75. The highest BCUT2D eigenvalue weighted by molar-refractivity contribution is 9.10. The Morgan fingerprint density at radius 2 is 2.17 bits per heavy atom. The molecule has 4 heteroatoms. The maximum absolute atomic E-state index is 14.3. The molecule has 0 bridgehead atoms. The van der Waals surface area contributed by atoms with Crippen molar-refractivity contribution in [1.82, 2.24) is 0 Å². The van der Waals surface area contributed by atoms with Gasteiger partial charge in [-0.2, -0.15) is 0 Å². The number of benzene rings is 1. The lowest BCUT2D eigenvalue weighted by molar-refractivity contribution is -0.137. The highest BCUT2D eigenvalue weighted by Crippen LogP contribution is 2.47. The van der Waals surface area contributed by atoms with E-state index in [2.05, 4.69) is 15.9 Å². The van der Waals surface area contributed by atoms with Crippen LogP contribution in [0.3, 0.4) is 0 Å². The van der Waals surface area contributed by atoms with Crippen LogP contribution >= 0.6 is 15.9 Å². The van der Waals surface area contributed by atoms with Gasteiger partial charge in [0.2, 0.25) is 0 Å². The minimum absolute atomic E-state index is 0.0122. The van der Waals surface area contributed by atoms with Crippen molar-refractivity contribution in [2.45, 2.75) is 39.0 Å². The molecule has 0 aliphatic heterocycles. The van der Waals surface area contributed by atoms with Gasteiger partial charge in [0.25, 0.3) is 0 Å². The Kier molecular flexibility index (Phi) is 3.76. The molecule has 0 radical (unpaired) electrons. The summed E-state index contributed by atoms with van der Waals surface area (Å²) >= 11 is 3.21. The fourth-order valence-corrected chi connectivity index (χ4v) is 3.06. The summed E-state index contributed by atoms with van der Waals surface area (Å²) in [4.78, 5) is 11.0. The molecule has 0 saturated heterocycles. The van der Waals surface area contributed by atoms with Crippen LogP contribution in [0.2, 0.25) is 0 Å². The van der Waals surface area contributed by atoms with Gasteiger partial charge < -0.3 is 5.11 Å². The number of carboxylic acids is 1. The van der Waals surface area contributed by atoms with Crippen molar-refractivity contribution in [3.63, 3.8) is 0 Å². The maximum Gasteiger partial charge on any atom is 0.303 e. The van der Waals surface area contributed by atoms with Crippen molar-refractivity contribution in [3.8, 4) is 0 Å². The van der Waals surface area contributed by atoms with E-state index >= 15 is 0 Å². The number of carboxylic acid groups (broad SMARTS) is 1. The minimum Gasteiger partial charge on any atom is -0.481 e. The van der Waals surface area contributed by atoms with Gasteiger partial charge in [0, 0.05) is 5.92 Å². The highest BCUT2D eigenvalue weighted by Gasteiger charge is 2.36. The quantitative estimate of drug-likeness (QED) is 0.905. The van der Waals surface area contributed by atoms with Gasteiger partial charge in [-0.1, -0.05) is 0 Å². The molecule has 1 N–H and O–H groups in total. The molecule has 1 aliphatic rings.